The van der Waals surface area contributed by atoms with Gasteiger partial charge in [0, 0.05) is 31.0 Å². The van der Waals surface area contributed by atoms with Crippen LogP contribution in [0.4, 0.5) is 5.69 Å². The van der Waals surface area contributed by atoms with Crippen LogP contribution in [0.15, 0.2) is 30.6 Å². The van der Waals surface area contributed by atoms with E-state index in [0.717, 1.165) is 11.3 Å². The van der Waals surface area contributed by atoms with Crippen molar-refractivity contribution in [3.05, 3.63) is 46.7 Å². The number of carbonyl (C=O) groups excluding carboxylic acids is 1. The highest BCUT2D eigenvalue weighted by molar-refractivity contribution is 6.34. The van der Waals surface area contributed by atoms with Gasteiger partial charge >= 0.3 is 0 Å². The van der Waals surface area contributed by atoms with Crippen molar-refractivity contribution in [1.82, 2.24) is 15.1 Å². The summed E-state index contributed by atoms with van der Waals surface area (Å²) >= 11 is 6.00. The highest BCUT2D eigenvalue weighted by Crippen LogP contribution is 2.21. The fraction of sp³-hybridized carbons (Fsp3) is 0.286. The number of aliphatic hydroxyl groups is 1. The number of nitrogens with one attached hydrogen (secondary N) is 2. The van der Waals surface area contributed by atoms with Crippen molar-refractivity contribution in [2.24, 2.45) is 0 Å². The number of amides is 1. The van der Waals surface area contributed by atoms with Gasteiger partial charge < -0.3 is 15.7 Å². The molecule has 2 rings (SSSR count). The Labute approximate surface area is 127 Å². The van der Waals surface area contributed by atoms with Crippen LogP contribution in [0.5, 0.6) is 0 Å². The van der Waals surface area contributed by atoms with Crippen LogP contribution in [0.3, 0.4) is 0 Å². The fourth-order valence-corrected chi connectivity index (χ4v) is 2.07. The number of hydrogen-bond donors (Lipinski definition) is 3. The van der Waals surface area contributed by atoms with Gasteiger partial charge in [0.05, 0.1) is 29.9 Å². The summed E-state index contributed by atoms with van der Waals surface area (Å²) in [5.41, 5.74) is 2.22. The van der Waals surface area contributed by atoms with Crippen LogP contribution in [-0.2, 0) is 13.1 Å². The molecule has 0 radical (unpaired) electrons. The molecule has 1 heterocycles. The molecular weight excluding hydrogens is 292 g/mol. The van der Waals surface area contributed by atoms with Gasteiger partial charge in [0.15, 0.2) is 0 Å². The van der Waals surface area contributed by atoms with E-state index in [4.69, 9.17) is 16.7 Å². The van der Waals surface area contributed by atoms with Crippen LogP contribution in [0.2, 0.25) is 5.02 Å². The molecule has 3 N–H and O–H groups in total. The molecule has 0 aliphatic heterocycles. The minimum absolute atomic E-state index is 0.0568. The first-order valence-electron chi connectivity index (χ1n) is 6.51. The Balaban J connectivity index is 2.04. The molecule has 0 aliphatic rings. The molecule has 7 heteroatoms. The van der Waals surface area contributed by atoms with E-state index in [0.29, 0.717) is 23.7 Å². The number of aliphatic hydroxyl groups excluding tert-OH is 1. The first-order chi connectivity index (χ1) is 10.1. The molecule has 0 fully saturated rings. The highest BCUT2D eigenvalue weighted by Gasteiger charge is 2.09. The Morgan fingerprint density at radius 3 is 3.00 bits per heavy atom. The van der Waals surface area contributed by atoms with Gasteiger partial charge in [-0.05, 0) is 18.2 Å². The Morgan fingerprint density at radius 2 is 2.29 bits per heavy atom. The monoisotopic (exact) mass is 308 g/mol. The molecular formula is C14H17ClN4O2. The standard InChI is InChI=1S/C14H17ClN4O2/c1-16-14(21)12-6-11(2-3-13(12)15)17-7-10-8-18-19(9-10)4-5-20/h2-3,6,8-9,17,20H,4-5,7H2,1H3,(H,16,21). The van der Waals surface area contributed by atoms with Gasteiger partial charge in [0.2, 0.25) is 0 Å². The first kappa shape index (κ1) is 15.3. The molecule has 0 atom stereocenters. The summed E-state index contributed by atoms with van der Waals surface area (Å²) in [6, 6.07) is 5.20. The summed E-state index contributed by atoms with van der Waals surface area (Å²) in [6.45, 7) is 1.10. The molecule has 6 nitrogen and oxygen atoms in total. The lowest BCUT2D eigenvalue weighted by Gasteiger charge is -2.08. The molecule has 0 saturated carbocycles. The predicted molar refractivity (Wildman–Crippen MR) is 81.5 cm³/mol. The van der Waals surface area contributed by atoms with Crippen molar-refractivity contribution >= 4 is 23.2 Å². The van der Waals surface area contributed by atoms with Gasteiger partial charge in [-0.3, -0.25) is 9.48 Å². The summed E-state index contributed by atoms with van der Waals surface area (Å²) in [7, 11) is 1.56. The minimum atomic E-state index is -0.223. The lowest BCUT2D eigenvalue weighted by atomic mass is 10.2. The second-order valence-electron chi connectivity index (χ2n) is 4.46. The fourth-order valence-electron chi connectivity index (χ4n) is 1.87. The van der Waals surface area contributed by atoms with E-state index in [1.165, 1.54) is 0 Å². The highest BCUT2D eigenvalue weighted by atomic mass is 35.5. The van der Waals surface area contributed by atoms with Crippen LogP contribution in [0.1, 0.15) is 15.9 Å². The summed E-state index contributed by atoms with van der Waals surface area (Å²) < 4.78 is 1.68. The van der Waals surface area contributed by atoms with Crippen molar-refractivity contribution in [2.75, 3.05) is 19.0 Å². The predicted octanol–water partition coefficient (Wildman–Crippen LogP) is 1.50. The number of rotatable bonds is 6. The second kappa shape index (κ2) is 7.10. The summed E-state index contributed by atoms with van der Waals surface area (Å²) in [5.74, 6) is -0.223. The zero-order chi connectivity index (χ0) is 15.2. The Bertz CT molecular complexity index is 627. The second-order valence-corrected chi connectivity index (χ2v) is 4.87. The average Bonchev–Trinajstić information content (AvgIpc) is 2.94. The normalized spacial score (nSPS) is 10.4. The maximum Gasteiger partial charge on any atom is 0.252 e. The maximum atomic E-state index is 11.7. The smallest absolute Gasteiger partial charge is 0.252 e. The van der Waals surface area contributed by atoms with Gasteiger partial charge in [0.25, 0.3) is 5.91 Å². The Morgan fingerprint density at radius 1 is 1.48 bits per heavy atom. The number of nitrogens with zero attached hydrogens (tertiary/aromatic N) is 2. The number of carbonyl (C=O) groups is 1. The molecule has 2 aromatic rings. The zero-order valence-corrected chi connectivity index (χ0v) is 12.4. The Kier molecular flexibility index (Phi) is 5.19. The number of hydrogen-bond acceptors (Lipinski definition) is 4. The van der Waals surface area contributed by atoms with Gasteiger partial charge in [-0.25, -0.2) is 0 Å². The largest absolute Gasteiger partial charge is 0.394 e. The topological polar surface area (TPSA) is 79.2 Å². The van der Waals surface area contributed by atoms with E-state index in [1.54, 1.807) is 30.1 Å². The molecule has 1 aromatic heterocycles. The minimum Gasteiger partial charge on any atom is -0.394 e. The third-order valence-corrected chi connectivity index (χ3v) is 3.28. The summed E-state index contributed by atoms with van der Waals surface area (Å²) in [5, 5.41) is 19.1. The van der Waals surface area contributed by atoms with Crippen molar-refractivity contribution < 1.29 is 9.90 Å². The SMILES string of the molecule is CNC(=O)c1cc(NCc2cnn(CCO)c2)ccc1Cl. The van der Waals surface area contributed by atoms with Crippen molar-refractivity contribution in [3.63, 3.8) is 0 Å². The Hall–Kier alpha value is -2.05. The molecule has 0 aliphatic carbocycles. The van der Waals surface area contributed by atoms with E-state index < -0.39 is 0 Å². The first-order valence-corrected chi connectivity index (χ1v) is 6.89. The van der Waals surface area contributed by atoms with Crippen LogP contribution in [0.25, 0.3) is 0 Å². The number of anilines is 1. The number of aromatic nitrogens is 2. The van der Waals surface area contributed by atoms with Crippen LogP contribution < -0.4 is 10.6 Å². The van der Waals surface area contributed by atoms with Crippen molar-refractivity contribution in [3.8, 4) is 0 Å². The third-order valence-electron chi connectivity index (χ3n) is 2.95. The van der Waals surface area contributed by atoms with Crippen molar-refractivity contribution in [1.29, 1.82) is 0 Å². The molecule has 1 amide bonds. The van der Waals surface area contributed by atoms with E-state index in [9.17, 15) is 4.79 Å². The van der Waals surface area contributed by atoms with Gasteiger partial charge in [0.1, 0.15) is 0 Å². The number of benzene rings is 1. The van der Waals surface area contributed by atoms with E-state index >= 15 is 0 Å². The summed E-state index contributed by atoms with van der Waals surface area (Å²) in [6.07, 6.45) is 3.59. The molecule has 0 unspecified atom stereocenters. The molecule has 1 aromatic carbocycles. The summed E-state index contributed by atoms with van der Waals surface area (Å²) in [4.78, 5) is 11.7. The lowest BCUT2D eigenvalue weighted by Crippen LogP contribution is -2.18. The van der Waals surface area contributed by atoms with Crippen LogP contribution in [-0.4, -0.2) is 34.4 Å². The zero-order valence-electron chi connectivity index (χ0n) is 11.6. The number of halogens is 1. The maximum absolute atomic E-state index is 11.7. The molecule has 0 bridgehead atoms. The lowest BCUT2D eigenvalue weighted by molar-refractivity contribution is 0.0963. The molecule has 0 spiro atoms. The average molecular weight is 309 g/mol. The quantitative estimate of drug-likeness (QED) is 0.755. The van der Waals surface area contributed by atoms with Crippen LogP contribution in [0, 0.1) is 0 Å². The van der Waals surface area contributed by atoms with Crippen LogP contribution >= 0.6 is 11.6 Å². The van der Waals surface area contributed by atoms with Crippen molar-refractivity contribution in [2.45, 2.75) is 13.1 Å². The molecule has 0 saturated heterocycles. The van der Waals surface area contributed by atoms with E-state index in [-0.39, 0.29) is 12.5 Å². The van der Waals surface area contributed by atoms with E-state index in [1.807, 2.05) is 12.3 Å². The van der Waals surface area contributed by atoms with Gasteiger partial charge in [-0.2, -0.15) is 5.10 Å². The van der Waals surface area contributed by atoms with Gasteiger partial charge in [-0.15, -0.1) is 0 Å². The van der Waals surface area contributed by atoms with E-state index in [2.05, 4.69) is 15.7 Å². The molecule has 21 heavy (non-hydrogen) atoms. The third kappa shape index (κ3) is 3.96. The molecule has 112 valence electrons. The van der Waals surface area contributed by atoms with Gasteiger partial charge in [-0.1, -0.05) is 11.6 Å².